The highest BCUT2D eigenvalue weighted by Gasteiger charge is 2.22. The number of benzene rings is 2. The quantitative estimate of drug-likeness (QED) is 0.176. The summed E-state index contributed by atoms with van der Waals surface area (Å²) in [5.74, 6) is 0. The maximum Gasteiger partial charge on any atom is 0.0798 e. The van der Waals surface area contributed by atoms with Gasteiger partial charge in [0.2, 0.25) is 0 Å². The van der Waals surface area contributed by atoms with Crippen LogP contribution in [0, 0.1) is 0 Å². The molecule has 27 heavy (non-hydrogen) atoms. The Hall–Kier alpha value is -0.0200. The van der Waals surface area contributed by atoms with Crippen molar-refractivity contribution in [3.63, 3.8) is 0 Å². The first kappa shape index (κ1) is 19.0. The van der Waals surface area contributed by atoms with E-state index in [9.17, 15) is 0 Å². The maximum atomic E-state index is 3.81. The summed E-state index contributed by atoms with van der Waals surface area (Å²) >= 11 is 20.2. The average Bonchev–Trinajstić information content (AvgIpc) is 3.24. The van der Waals surface area contributed by atoms with Gasteiger partial charge in [0.05, 0.1) is 26.4 Å². The lowest BCUT2D eigenvalue weighted by atomic mass is 10.1. The van der Waals surface area contributed by atoms with Gasteiger partial charge in [-0.25, -0.2) is 0 Å². The molecule has 0 aliphatic rings. The maximum absolute atomic E-state index is 3.81. The van der Waals surface area contributed by atoms with E-state index in [0.29, 0.717) is 0 Å². The largest absolute Gasteiger partial charge is 0.132 e. The number of hydrogen-bond acceptors (Lipinski definition) is 3. The van der Waals surface area contributed by atoms with Crippen LogP contribution >= 0.6 is 97.7 Å². The lowest BCUT2D eigenvalue weighted by molar-refractivity contribution is 1.64. The van der Waals surface area contributed by atoms with Crippen LogP contribution in [-0.2, 0) is 0 Å². The predicted molar refractivity (Wildman–Crippen MR) is 137 cm³/mol. The molecule has 0 radical (unpaired) electrons. The molecule has 134 valence electrons. The third-order valence-corrected chi connectivity index (χ3v) is 10.7. The highest BCUT2D eigenvalue weighted by atomic mass is 79.9. The minimum Gasteiger partial charge on any atom is -0.132 e. The van der Waals surface area contributed by atoms with Crippen LogP contribution in [0.3, 0.4) is 0 Å². The Kier molecular flexibility index (Phi) is 5.16. The lowest BCUT2D eigenvalue weighted by Gasteiger charge is -2.02. The molecule has 0 spiro atoms. The first-order valence-corrected chi connectivity index (χ1v) is 13.5. The molecule has 0 amide bonds. The van der Waals surface area contributed by atoms with Gasteiger partial charge in [-0.1, -0.05) is 56.1 Å². The predicted octanol–water partition coefficient (Wildman–Crippen LogP) is 10.6. The van der Waals surface area contributed by atoms with Gasteiger partial charge in [0.25, 0.3) is 0 Å². The SMILES string of the molecule is Brc1ccc(-c2c(Br)sc3c2sc2c(-c4ccc(Br)cc4)c(Br)sc23)cc1. The molecule has 0 nitrogen and oxygen atoms in total. The monoisotopic (exact) mass is 660 g/mol. The van der Waals surface area contributed by atoms with Crippen molar-refractivity contribution >= 4 is 117 Å². The summed E-state index contributed by atoms with van der Waals surface area (Å²) in [6, 6.07) is 17.1. The summed E-state index contributed by atoms with van der Waals surface area (Å²) in [5.41, 5.74) is 5.09. The average molecular weight is 664 g/mol. The molecular formula is C20H8Br4S3. The minimum atomic E-state index is 1.10. The van der Waals surface area contributed by atoms with E-state index >= 15 is 0 Å². The molecule has 0 saturated carbocycles. The van der Waals surface area contributed by atoms with Crippen LogP contribution in [0.4, 0.5) is 0 Å². The van der Waals surface area contributed by atoms with Crippen molar-refractivity contribution in [2.45, 2.75) is 0 Å². The number of fused-ring (bicyclic) bond motifs is 3. The molecule has 5 aromatic rings. The number of halogens is 4. The smallest absolute Gasteiger partial charge is 0.0798 e. The van der Waals surface area contributed by atoms with Crippen molar-refractivity contribution in [1.29, 1.82) is 0 Å². The summed E-state index contributed by atoms with van der Waals surface area (Å²) < 4.78 is 10.1. The van der Waals surface area contributed by atoms with E-state index in [1.165, 1.54) is 48.6 Å². The van der Waals surface area contributed by atoms with Gasteiger partial charge in [-0.2, -0.15) is 0 Å². The van der Waals surface area contributed by atoms with E-state index in [1.807, 2.05) is 34.0 Å². The van der Waals surface area contributed by atoms with Crippen molar-refractivity contribution in [1.82, 2.24) is 0 Å². The Bertz CT molecular complexity index is 1190. The number of rotatable bonds is 2. The zero-order chi connectivity index (χ0) is 18.7. The van der Waals surface area contributed by atoms with Gasteiger partial charge < -0.3 is 0 Å². The van der Waals surface area contributed by atoms with Gasteiger partial charge in [0.15, 0.2) is 0 Å². The van der Waals surface area contributed by atoms with Gasteiger partial charge >= 0.3 is 0 Å². The topological polar surface area (TPSA) is 0 Å². The summed E-state index contributed by atoms with van der Waals surface area (Å²) in [4.78, 5) is 0. The van der Waals surface area contributed by atoms with Gasteiger partial charge in [-0.3, -0.25) is 0 Å². The van der Waals surface area contributed by atoms with Crippen LogP contribution in [-0.4, -0.2) is 0 Å². The molecule has 0 saturated heterocycles. The van der Waals surface area contributed by atoms with Crippen molar-refractivity contribution in [2.75, 3.05) is 0 Å². The number of thiophene rings is 3. The molecule has 0 N–H and O–H groups in total. The molecule has 5 rings (SSSR count). The Morgan fingerprint density at radius 2 is 0.815 bits per heavy atom. The van der Waals surface area contributed by atoms with E-state index < -0.39 is 0 Å². The molecule has 3 heterocycles. The first-order valence-electron chi connectivity index (χ1n) is 7.87. The summed E-state index contributed by atoms with van der Waals surface area (Å²) in [7, 11) is 0. The van der Waals surface area contributed by atoms with E-state index in [4.69, 9.17) is 0 Å². The van der Waals surface area contributed by atoms with Crippen LogP contribution in [0.1, 0.15) is 0 Å². The molecule has 0 unspecified atom stereocenters. The van der Waals surface area contributed by atoms with Crippen LogP contribution in [0.15, 0.2) is 65.0 Å². The van der Waals surface area contributed by atoms with Gasteiger partial charge in [0, 0.05) is 20.1 Å². The van der Waals surface area contributed by atoms with Gasteiger partial charge in [-0.05, 0) is 67.3 Å². The van der Waals surface area contributed by atoms with Crippen molar-refractivity contribution in [3.8, 4) is 22.3 Å². The molecule has 7 heteroatoms. The molecule has 2 aromatic carbocycles. The van der Waals surface area contributed by atoms with E-state index in [1.54, 1.807) is 0 Å². The molecule has 0 bridgehead atoms. The third kappa shape index (κ3) is 3.23. The fraction of sp³-hybridized carbons (Fsp3) is 0. The van der Waals surface area contributed by atoms with Crippen molar-refractivity contribution in [2.24, 2.45) is 0 Å². The zero-order valence-electron chi connectivity index (χ0n) is 13.4. The van der Waals surface area contributed by atoms with E-state index in [0.717, 1.165) is 8.95 Å². The van der Waals surface area contributed by atoms with Crippen LogP contribution < -0.4 is 0 Å². The van der Waals surface area contributed by atoms with Crippen LogP contribution in [0.5, 0.6) is 0 Å². The van der Waals surface area contributed by atoms with Crippen molar-refractivity contribution < 1.29 is 0 Å². The molecule has 3 aromatic heterocycles. The zero-order valence-corrected chi connectivity index (χ0v) is 22.1. The summed E-state index contributed by atoms with van der Waals surface area (Å²) in [5, 5.41) is 0. The number of hydrogen-bond donors (Lipinski definition) is 0. The standard InChI is InChI=1S/C20H8Br4S3/c21-11-5-1-9(2-6-11)13-15-17(26-19(13)23)18-16(25-15)14(20(24)27-18)10-3-7-12(22)8-4-10/h1-8H. The Morgan fingerprint density at radius 3 is 1.19 bits per heavy atom. The Morgan fingerprint density at radius 1 is 0.444 bits per heavy atom. The second kappa shape index (κ2) is 7.35. The highest BCUT2D eigenvalue weighted by molar-refractivity contribution is 9.11. The Balaban J connectivity index is 1.79. The normalized spacial score (nSPS) is 11.7. The van der Waals surface area contributed by atoms with Crippen molar-refractivity contribution in [3.05, 3.63) is 65.0 Å². The molecule has 0 atom stereocenters. The second-order valence-corrected chi connectivity index (χ2v) is 13.5. The minimum absolute atomic E-state index is 1.10. The Labute approximate surface area is 201 Å². The molecule has 0 fully saturated rings. The highest BCUT2D eigenvalue weighted by Crippen LogP contribution is 2.55. The fourth-order valence-corrected chi connectivity index (χ4v) is 9.74. The second-order valence-electron chi connectivity index (χ2n) is 5.93. The van der Waals surface area contributed by atoms with Crippen LogP contribution in [0.25, 0.3) is 41.1 Å². The van der Waals surface area contributed by atoms with E-state index in [2.05, 4.69) is 112 Å². The third-order valence-electron chi connectivity index (χ3n) is 4.32. The molecule has 0 aliphatic carbocycles. The van der Waals surface area contributed by atoms with Crippen LogP contribution in [0.2, 0.25) is 0 Å². The molecular weight excluding hydrogens is 656 g/mol. The van der Waals surface area contributed by atoms with Gasteiger partial charge in [0.1, 0.15) is 0 Å². The fourth-order valence-electron chi connectivity index (χ4n) is 3.10. The summed E-state index contributed by atoms with van der Waals surface area (Å²) in [6.07, 6.45) is 0. The van der Waals surface area contributed by atoms with E-state index in [-0.39, 0.29) is 0 Å². The van der Waals surface area contributed by atoms with Gasteiger partial charge in [-0.15, -0.1) is 34.0 Å². The molecule has 0 aliphatic heterocycles. The summed E-state index contributed by atoms with van der Waals surface area (Å²) in [6.45, 7) is 0. The lowest BCUT2D eigenvalue weighted by Crippen LogP contribution is -1.75. The first-order chi connectivity index (χ1) is 13.0.